The first-order valence-electron chi connectivity index (χ1n) is 10.6. The van der Waals surface area contributed by atoms with E-state index >= 15 is 0 Å². The van der Waals surface area contributed by atoms with Gasteiger partial charge in [0.15, 0.2) is 5.60 Å². The molecule has 6 aliphatic rings. The van der Waals surface area contributed by atoms with Gasteiger partial charge >= 0.3 is 5.97 Å². The predicted molar refractivity (Wildman–Crippen MR) is 100 cm³/mol. The third-order valence-electron chi connectivity index (χ3n) is 7.79. The van der Waals surface area contributed by atoms with Gasteiger partial charge in [-0.25, -0.2) is 9.78 Å². The van der Waals surface area contributed by atoms with Crippen LogP contribution in [0.25, 0.3) is 0 Å². The molecule has 5 heterocycles. The summed E-state index contributed by atoms with van der Waals surface area (Å²) >= 11 is 0. The molecule has 7 heteroatoms. The van der Waals surface area contributed by atoms with E-state index in [1.54, 1.807) is 7.11 Å². The Kier molecular flexibility index (Phi) is 3.71. The maximum atomic E-state index is 12.8. The Bertz CT molecular complexity index is 838. The lowest BCUT2D eigenvalue weighted by Crippen LogP contribution is -2.74. The van der Waals surface area contributed by atoms with Crippen molar-refractivity contribution in [3.8, 4) is 5.75 Å². The maximum absolute atomic E-state index is 12.8. The van der Waals surface area contributed by atoms with Crippen molar-refractivity contribution >= 4 is 5.97 Å². The molecule has 2 spiro atoms. The molecule has 156 valence electrons. The zero-order valence-electron chi connectivity index (χ0n) is 16.9. The molecular weight excluding hydrogens is 374 g/mol. The Morgan fingerprint density at radius 1 is 1.14 bits per heavy atom. The molecule has 1 aromatic carbocycles. The minimum Gasteiger partial charge on any atom is -0.497 e. The van der Waals surface area contributed by atoms with Crippen LogP contribution in [0.3, 0.4) is 0 Å². The Labute approximate surface area is 170 Å². The summed E-state index contributed by atoms with van der Waals surface area (Å²) in [6.07, 6.45) is 3.49. The number of carbonyl (C=O) groups is 1. The molecule has 2 bridgehead atoms. The third-order valence-corrected chi connectivity index (χ3v) is 7.79. The molecule has 0 amide bonds. The van der Waals surface area contributed by atoms with Gasteiger partial charge in [-0.05, 0) is 56.8 Å². The first-order valence-corrected chi connectivity index (χ1v) is 10.6. The van der Waals surface area contributed by atoms with Gasteiger partial charge in [0.2, 0.25) is 12.1 Å². The largest absolute Gasteiger partial charge is 0.497 e. The summed E-state index contributed by atoms with van der Waals surface area (Å²) in [5.41, 5.74) is 0.0506. The highest BCUT2D eigenvalue weighted by Gasteiger charge is 2.77. The molecule has 7 rings (SSSR count). The number of esters is 1. The van der Waals surface area contributed by atoms with Crippen molar-refractivity contribution in [2.24, 2.45) is 11.3 Å². The Morgan fingerprint density at radius 3 is 2.66 bits per heavy atom. The number of rotatable bonds is 3. The first kappa shape index (κ1) is 18.1. The van der Waals surface area contributed by atoms with Gasteiger partial charge in [-0.3, -0.25) is 9.69 Å². The van der Waals surface area contributed by atoms with Crippen LogP contribution in [-0.2, 0) is 30.6 Å². The smallest absolute Gasteiger partial charge is 0.314 e. The first-order chi connectivity index (χ1) is 14.0. The number of piperidine rings is 1. The molecule has 0 aromatic heterocycles. The second-order valence-electron chi connectivity index (χ2n) is 9.38. The lowest BCUT2D eigenvalue weighted by Gasteiger charge is -2.59. The topological polar surface area (TPSA) is 66.5 Å². The van der Waals surface area contributed by atoms with Gasteiger partial charge in [0.05, 0.1) is 12.5 Å². The van der Waals surface area contributed by atoms with Crippen molar-refractivity contribution in [3.05, 3.63) is 29.8 Å². The molecule has 7 nitrogen and oxygen atoms in total. The number of fused-ring (bicyclic) bond motifs is 3. The average Bonchev–Trinajstić information content (AvgIpc) is 3.54. The minimum absolute atomic E-state index is 0.0704. The van der Waals surface area contributed by atoms with Gasteiger partial charge in [-0.1, -0.05) is 12.1 Å². The normalized spacial score (nSPS) is 42.1. The SMILES string of the molecule is COc1ccc(CN2CC[C@H]3C4(CC4)C(=O)O[C@@H]4O[C@@]5(C)CC[C@@H]2[C@@]43OO5)cc1. The number of methoxy groups -OCH3 is 1. The summed E-state index contributed by atoms with van der Waals surface area (Å²) in [5.74, 6) is -0.0637. The van der Waals surface area contributed by atoms with Crippen molar-refractivity contribution in [2.75, 3.05) is 13.7 Å². The molecule has 1 aliphatic carbocycles. The van der Waals surface area contributed by atoms with Crippen molar-refractivity contribution < 1.29 is 28.8 Å². The van der Waals surface area contributed by atoms with Gasteiger partial charge in [0.1, 0.15) is 5.75 Å². The molecular formula is C22H27NO6. The van der Waals surface area contributed by atoms with Crippen molar-refractivity contribution in [1.29, 1.82) is 0 Å². The zero-order valence-corrected chi connectivity index (χ0v) is 16.9. The number of benzene rings is 1. The van der Waals surface area contributed by atoms with E-state index in [-0.39, 0.29) is 17.9 Å². The van der Waals surface area contributed by atoms with Crippen molar-refractivity contribution in [3.63, 3.8) is 0 Å². The van der Waals surface area contributed by atoms with E-state index in [1.807, 2.05) is 19.1 Å². The van der Waals surface area contributed by atoms with Crippen LogP contribution < -0.4 is 4.74 Å². The molecule has 5 aliphatic heterocycles. The molecule has 6 fully saturated rings. The lowest BCUT2D eigenvalue weighted by molar-refractivity contribution is -0.558. The Hall–Kier alpha value is -1.67. The van der Waals surface area contributed by atoms with E-state index in [4.69, 9.17) is 24.0 Å². The Balaban J connectivity index is 1.37. The Morgan fingerprint density at radius 2 is 1.93 bits per heavy atom. The molecule has 0 unspecified atom stereocenters. The van der Waals surface area contributed by atoms with Crippen molar-refractivity contribution in [1.82, 2.24) is 4.90 Å². The van der Waals surface area contributed by atoms with E-state index < -0.39 is 23.1 Å². The molecule has 1 saturated carbocycles. The van der Waals surface area contributed by atoms with E-state index in [2.05, 4.69) is 17.0 Å². The predicted octanol–water partition coefficient (Wildman–Crippen LogP) is 2.78. The second-order valence-corrected chi connectivity index (χ2v) is 9.38. The molecule has 1 aromatic rings. The fraction of sp³-hybridized carbons (Fsp3) is 0.682. The van der Waals surface area contributed by atoms with Crippen LogP contribution in [0.15, 0.2) is 24.3 Å². The van der Waals surface area contributed by atoms with Gasteiger partial charge in [-0.15, -0.1) is 0 Å². The van der Waals surface area contributed by atoms with Crippen LogP contribution in [0.2, 0.25) is 0 Å². The lowest BCUT2D eigenvalue weighted by atomic mass is 9.64. The number of carbonyl (C=O) groups excluding carboxylic acids is 1. The summed E-state index contributed by atoms with van der Waals surface area (Å²) in [4.78, 5) is 27.3. The highest BCUT2D eigenvalue weighted by Crippen LogP contribution is 2.66. The van der Waals surface area contributed by atoms with Crippen LogP contribution in [0.4, 0.5) is 0 Å². The second kappa shape index (κ2) is 5.94. The highest BCUT2D eigenvalue weighted by molar-refractivity contribution is 5.82. The number of nitrogens with zero attached hydrogens (tertiary/aromatic N) is 1. The summed E-state index contributed by atoms with van der Waals surface area (Å²) in [5, 5.41) is 0. The fourth-order valence-corrected chi connectivity index (χ4v) is 6.10. The fourth-order valence-electron chi connectivity index (χ4n) is 6.10. The monoisotopic (exact) mass is 401 g/mol. The molecule has 0 N–H and O–H groups in total. The number of hydrogen-bond acceptors (Lipinski definition) is 7. The van der Waals surface area contributed by atoms with E-state index in [0.717, 1.165) is 44.5 Å². The van der Waals surface area contributed by atoms with E-state index in [9.17, 15) is 4.79 Å². The molecule has 29 heavy (non-hydrogen) atoms. The molecule has 5 atom stereocenters. The summed E-state index contributed by atoms with van der Waals surface area (Å²) in [6.45, 7) is 3.59. The summed E-state index contributed by atoms with van der Waals surface area (Å²) in [6, 6.07) is 8.27. The molecule has 5 saturated heterocycles. The number of ether oxygens (including phenoxy) is 3. The van der Waals surface area contributed by atoms with Crippen molar-refractivity contribution in [2.45, 2.75) is 69.3 Å². The third kappa shape index (κ3) is 2.42. The average molecular weight is 401 g/mol. The minimum atomic E-state index is -0.877. The van der Waals surface area contributed by atoms with Gasteiger partial charge in [0.25, 0.3) is 0 Å². The quantitative estimate of drug-likeness (QED) is 0.570. The van der Waals surface area contributed by atoms with Gasteiger partial charge in [0, 0.05) is 24.9 Å². The van der Waals surface area contributed by atoms with Gasteiger partial charge < -0.3 is 14.2 Å². The standard InChI is InChI=1S/C22H27NO6/c1-20-9-7-17-22(29-28-20)16(21(10-11-21)18(24)26-19(22)27-20)8-12-23(17)13-14-3-5-15(25-2)6-4-14/h3-6,16-17,19H,7-13H2,1-2H3/t16-,17+,19+,20+,22+/m0/s1. The summed E-state index contributed by atoms with van der Waals surface area (Å²) < 4.78 is 17.4. The van der Waals surface area contributed by atoms with Crippen LogP contribution in [0, 0.1) is 11.3 Å². The van der Waals surface area contributed by atoms with Crippen LogP contribution in [-0.4, -0.2) is 48.2 Å². The summed E-state index contributed by atoms with van der Waals surface area (Å²) in [7, 11) is 1.68. The van der Waals surface area contributed by atoms with Crippen LogP contribution >= 0.6 is 0 Å². The molecule has 0 radical (unpaired) electrons. The van der Waals surface area contributed by atoms with E-state index in [0.29, 0.717) is 6.42 Å². The van der Waals surface area contributed by atoms with E-state index in [1.165, 1.54) is 5.56 Å². The maximum Gasteiger partial charge on any atom is 0.314 e. The number of hydrogen-bond donors (Lipinski definition) is 0. The van der Waals surface area contributed by atoms with Crippen LogP contribution in [0.5, 0.6) is 5.75 Å². The highest BCUT2D eigenvalue weighted by atomic mass is 17.3. The number of likely N-dealkylation sites (tertiary alicyclic amines) is 1. The van der Waals surface area contributed by atoms with Crippen LogP contribution in [0.1, 0.15) is 44.6 Å². The zero-order chi connectivity index (χ0) is 19.9. The van der Waals surface area contributed by atoms with Gasteiger partial charge in [-0.2, -0.15) is 0 Å².